The first-order valence-corrected chi connectivity index (χ1v) is 9.62. The summed E-state index contributed by atoms with van der Waals surface area (Å²) < 4.78 is 0. The first-order chi connectivity index (χ1) is 12.5. The first kappa shape index (κ1) is 18.7. The number of nitrogens with one attached hydrogen (secondary N) is 2. The number of rotatable bonds is 8. The molecule has 2 aliphatic carbocycles. The smallest absolute Gasteiger partial charge is 0.317 e. The van der Waals surface area contributed by atoms with Gasteiger partial charge in [0.1, 0.15) is 0 Å². The van der Waals surface area contributed by atoms with E-state index in [0.29, 0.717) is 12.5 Å². The van der Waals surface area contributed by atoms with Gasteiger partial charge >= 0.3 is 12.0 Å². The molecule has 6 heteroatoms. The number of carbonyl (C=O) groups excluding carboxylic acids is 1. The van der Waals surface area contributed by atoms with Crippen LogP contribution >= 0.6 is 0 Å². The molecule has 26 heavy (non-hydrogen) atoms. The van der Waals surface area contributed by atoms with Crippen molar-refractivity contribution >= 4 is 12.0 Å². The highest BCUT2D eigenvalue weighted by Crippen LogP contribution is 2.28. The maximum Gasteiger partial charge on any atom is 0.317 e. The number of hydrogen-bond donors (Lipinski definition) is 3. The maximum atomic E-state index is 12.0. The number of aliphatic carboxylic acids is 1. The normalized spacial score (nSPS) is 21.9. The van der Waals surface area contributed by atoms with Crippen LogP contribution in [0.15, 0.2) is 24.3 Å². The fourth-order valence-corrected chi connectivity index (χ4v) is 4.16. The Morgan fingerprint density at radius 2 is 1.85 bits per heavy atom. The minimum atomic E-state index is -0.796. The Balaban J connectivity index is 1.29. The van der Waals surface area contributed by atoms with Crippen LogP contribution in [0.25, 0.3) is 0 Å². The Morgan fingerprint density at radius 3 is 2.42 bits per heavy atom. The minimum Gasteiger partial charge on any atom is -0.480 e. The monoisotopic (exact) mass is 359 g/mol. The molecule has 0 atom stereocenters. The molecule has 0 aromatic heterocycles. The van der Waals surface area contributed by atoms with Gasteiger partial charge in [0.05, 0.1) is 6.54 Å². The Labute approximate surface area is 155 Å². The molecule has 0 aliphatic heterocycles. The SMILES string of the molecule is CCN(CC(=O)O)C1CC(NC(=O)NCCC2Cc3ccccc3C2)C1. The number of nitrogens with zero attached hydrogens (tertiary/aromatic N) is 1. The zero-order chi connectivity index (χ0) is 18.5. The fourth-order valence-electron chi connectivity index (χ4n) is 4.16. The third-order valence-electron chi connectivity index (χ3n) is 5.68. The van der Waals surface area contributed by atoms with E-state index in [1.807, 2.05) is 11.8 Å². The molecule has 6 nitrogen and oxygen atoms in total. The summed E-state index contributed by atoms with van der Waals surface area (Å²) in [6.07, 6.45) is 4.87. The lowest BCUT2D eigenvalue weighted by atomic mass is 9.85. The highest BCUT2D eigenvalue weighted by Gasteiger charge is 2.34. The number of amides is 2. The first-order valence-electron chi connectivity index (χ1n) is 9.62. The van der Waals surface area contributed by atoms with E-state index in [9.17, 15) is 9.59 Å². The van der Waals surface area contributed by atoms with Crippen LogP contribution in [0.1, 0.15) is 37.3 Å². The van der Waals surface area contributed by atoms with Crippen LogP contribution in [0.3, 0.4) is 0 Å². The number of fused-ring (bicyclic) bond motifs is 1. The highest BCUT2D eigenvalue weighted by molar-refractivity contribution is 5.74. The lowest BCUT2D eigenvalue weighted by molar-refractivity contribution is -0.139. The summed E-state index contributed by atoms with van der Waals surface area (Å²) in [5.41, 5.74) is 2.90. The Hall–Kier alpha value is -2.08. The van der Waals surface area contributed by atoms with Crippen LogP contribution in [0.2, 0.25) is 0 Å². The summed E-state index contributed by atoms with van der Waals surface area (Å²) >= 11 is 0. The van der Waals surface area contributed by atoms with Crippen LogP contribution in [-0.2, 0) is 17.6 Å². The van der Waals surface area contributed by atoms with Crippen molar-refractivity contribution in [1.82, 2.24) is 15.5 Å². The van der Waals surface area contributed by atoms with Gasteiger partial charge in [-0.1, -0.05) is 31.2 Å². The van der Waals surface area contributed by atoms with Crippen molar-refractivity contribution in [1.29, 1.82) is 0 Å². The van der Waals surface area contributed by atoms with E-state index in [1.165, 1.54) is 11.1 Å². The van der Waals surface area contributed by atoms with E-state index in [0.717, 1.165) is 38.6 Å². The molecular formula is C20H29N3O3. The predicted octanol–water partition coefficient (Wildman–Crippen LogP) is 2.03. The van der Waals surface area contributed by atoms with Crippen molar-refractivity contribution in [3.63, 3.8) is 0 Å². The van der Waals surface area contributed by atoms with E-state index >= 15 is 0 Å². The Bertz CT molecular complexity index is 618. The van der Waals surface area contributed by atoms with Crippen molar-refractivity contribution in [3.8, 4) is 0 Å². The molecule has 0 spiro atoms. The topological polar surface area (TPSA) is 81.7 Å². The van der Waals surface area contributed by atoms with Gasteiger partial charge in [0.2, 0.25) is 0 Å². The minimum absolute atomic E-state index is 0.0733. The average molecular weight is 359 g/mol. The lowest BCUT2D eigenvalue weighted by Crippen LogP contribution is -2.56. The zero-order valence-electron chi connectivity index (χ0n) is 15.4. The van der Waals surface area contributed by atoms with Gasteiger partial charge < -0.3 is 15.7 Å². The summed E-state index contributed by atoms with van der Waals surface area (Å²) in [5, 5.41) is 14.9. The van der Waals surface area contributed by atoms with E-state index in [4.69, 9.17) is 5.11 Å². The van der Waals surface area contributed by atoms with Gasteiger partial charge in [0, 0.05) is 18.6 Å². The van der Waals surface area contributed by atoms with Crippen molar-refractivity contribution in [3.05, 3.63) is 35.4 Å². The Morgan fingerprint density at radius 1 is 1.19 bits per heavy atom. The second kappa shape index (κ2) is 8.54. The molecule has 1 aromatic carbocycles. The van der Waals surface area contributed by atoms with Gasteiger partial charge in [-0.3, -0.25) is 9.69 Å². The lowest BCUT2D eigenvalue weighted by Gasteiger charge is -2.42. The van der Waals surface area contributed by atoms with Gasteiger partial charge in [0.25, 0.3) is 0 Å². The number of carboxylic acids is 1. The molecule has 1 saturated carbocycles. The third kappa shape index (κ3) is 4.75. The molecule has 0 heterocycles. The zero-order valence-corrected chi connectivity index (χ0v) is 15.4. The van der Waals surface area contributed by atoms with Crippen molar-refractivity contribution in [2.45, 2.75) is 51.1 Å². The molecule has 1 fully saturated rings. The average Bonchev–Trinajstić information content (AvgIpc) is 2.98. The predicted molar refractivity (Wildman–Crippen MR) is 100 cm³/mol. The molecule has 2 amide bonds. The van der Waals surface area contributed by atoms with E-state index < -0.39 is 5.97 Å². The molecule has 2 aliphatic rings. The van der Waals surface area contributed by atoms with Gasteiger partial charge in [-0.15, -0.1) is 0 Å². The summed E-state index contributed by atoms with van der Waals surface area (Å²) in [6, 6.07) is 8.89. The van der Waals surface area contributed by atoms with E-state index in [1.54, 1.807) is 0 Å². The summed E-state index contributed by atoms with van der Waals surface area (Å²) in [7, 11) is 0. The number of likely N-dealkylation sites (N-methyl/N-ethyl adjacent to an activating group) is 1. The third-order valence-corrected chi connectivity index (χ3v) is 5.68. The number of urea groups is 1. The number of benzene rings is 1. The Kier molecular flexibility index (Phi) is 6.14. The standard InChI is InChI=1S/C20H29N3O3/c1-2-23(13-19(24)25)18-11-17(12-18)22-20(26)21-8-7-14-9-15-5-3-4-6-16(15)10-14/h3-6,14,17-18H,2,7-13H2,1H3,(H,24,25)(H2,21,22,26). The molecule has 142 valence electrons. The van der Waals surface area contributed by atoms with Gasteiger partial charge in [0.15, 0.2) is 0 Å². The number of hydrogen-bond acceptors (Lipinski definition) is 3. The maximum absolute atomic E-state index is 12.0. The highest BCUT2D eigenvalue weighted by atomic mass is 16.4. The molecule has 3 rings (SSSR count). The molecule has 3 N–H and O–H groups in total. The summed E-state index contributed by atoms with van der Waals surface area (Å²) in [6.45, 7) is 3.46. The summed E-state index contributed by atoms with van der Waals surface area (Å²) in [5.74, 6) is -0.176. The van der Waals surface area contributed by atoms with E-state index in [2.05, 4.69) is 34.9 Å². The van der Waals surface area contributed by atoms with Crippen LogP contribution in [0.5, 0.6) is 0 Å². The molecule has 1 aromatic rings. The van der Waals surface area contributed by atoms with Crippen LogP contribution in [-0.4, -0.2) is 53.7 Å². The second-order valence-electron chi connectivity index (χ2n) is 7.51. The molecule has 0 unspecified atom stereocenters. The van der Waals surface area contributed by atoms with Gasteiger partial charge in [-0.05, 0) is 55.7 Å². The largest absolute Gasteiger partial charge is 0.480 e. The van der Waals surface area contributed by atoms with Crippen LogP contribution in [0, 0.1) is 5.92 Å². The van der Waals surface area contributed by atoms with Crippen molar-refractivity contribution in [2.75, 3.05) is 19.6 Å². The van der Waals surface area contributed by atoms with Gasteiger partial charge in [-0.25, -0.2) is 4.79 Å². The molecular weight excluding hydrogens is 330 g/mol. The quantitative estimate of drug-likeness (QED) is 0.663. The summed E-state index contributed by atoms with van der Waals surface area (Å²) in [4.78, 5) is 24.8. The van der Waals surface area contributed by atoms with Crippen molar-refractivity contribution in [2.24, 2.45) is 5.92 Å². The fraction of sp³-hybridized carbons (Fsp3) is 0.600. The van der Waals surface area contributed by atoms with E-state index in [-0.39, 0.29) is 24.7 Å². The molecule has 0 saturated heterocycles. The molecule has 0 bridgehead atoms. The van der Waals surface area contributed by atoms with Crippen LogP contribution in [0.4, 0.5) is 4.79 Å². The van der Waals surface area contributed by atoms with Crippen molar-refractivity contribution < 1.29 is 14.7 Å². The van der Waals surface area contributed by atoms with Crippen LogP contribution < -0.4 is 10.6 Å². The second-order valence-corrected chi connectivity index (χ2v) is 7.51. The molecule has 0 radical (unpaired) electrons. The van der Waals surface area contributed by atoms with Gasteiger partial charge in [-0.2, -0.15) is 0 Å². The number of carboxylic acid groups (broad SMARTS) is 1. The number of carbonyl (C=O) groups is 2.